The van der Waals surface area contributed by atoms with Gasteiger partial charge in [-0.2, -0.15) is 13.2 Å². The number of hydrogen-bond donors (Lipinski definition) is 3. The number of carboxylic acids is 1. The average Bonchev–Trinajstić information content (AvgIpc) is 3.24. The highest BCUT2D eigenvalue weighted by atomic mass is 35.5. The number of aromatic amines is 1. The van der Waals surface area contributed by atoms with Crippen molar-refractivity contribution in [3.63, 3.8) is 0 Å². The molecule has 1 saturated heterocycles. The number of fused-ring (bicyclic) bond motifs is 2. The Kier molecular flexibility index (Phi) is 9.04. The van der Waals surface area contributed by atoms with E-state index in [1.165, 1.54) is 11.8 Å². The molecule has 4 aromatic heterocycles. The summed E-state index contributed by atoms with van der Waals surface area (Å²) in [6.45, 7) is 7.29. The molecule has 0 unspecified atom stereocenters. The summed E-state index contributed by atoms with van der Waals surface area (Å²) in [6.07, 6.45) is 0.796. The third kappa shape index (κ3) is 6.84. The first-order valence-electron chi connectivity index (χ1n) is 11.9. The van der Waals surface area contributed by atoms with E-state index in [1.807, 2.05) is 6.07 Å². The lowest BCUT2D eigenvalue weighted by atomic mass is 10.2. The van der Waals surface area contributed by atoms with Crippen LogP contribution in [0.5, 0.6) is 0 Å². The molecular formula is C23H25ClF3N9O2S. The van der Waals surface area contributed by atoms with Crippen molar-refractivity contribution in [2.45, 2.75) is 29.6 Å². The maximum Gasteiger partial charge on any atom is 0.490 e. The van der Waals surface area contributed by atoms with Gasteiger partial charge in [-0.25, -0.2) is 24.7 Å². The highest BCUT2D eigenvalue weighted by Crippen LogP contribution is 2.37. The molecule has 4 aromatic rings. The third-order valence-corrected chi connectivity index (χ3v) is 7.09. The lowest BCUT2D eigenvalue weighted by molar-refractivity contribution is -0.192. The van der Waals surface area contributed by atoms with Crippen LogP contribution in [0.2, 0.25) is 5.02 Å². The smallest absolute Gasteiger partial charge is 0.475 e. The quantitative estimate of drug-likeness (QED) is 0.287. The highest BCUT2D eigenvalue weighted by molar-refractivity contribution is 7.99. The topological polar surface area (TPSA) is 150 Å². The lowest BCUT2D eigenvalue weighted by Gasteiger charge is -2.35. The van der Waals surface area contributed by atoms with Gasteiger partial charge in [-0.05, 0) is 24.2 Å². The Labute approximate surface area is 230 Å². The van der Waals surface area contributed by atoms with Crippen molar-refractivity contribution in [2.24, 2.45) is 5.73 Å². The first kappa shape index (κ1) is 28.7. The van der Waals surface area contributed by atoms with Gasteiger partial charge in [-0.1, -0.05) is 18.5 Å². The number of aliphatic carboxylic acids is 1. The van der Waals surface area contributed by atoms with E-state index in [9.17, 15) is 13.2 Å². The maximum absolute atomic E-state index is 10.6. The predicted molar refractivity (Wildman–Crippen MR) is 141 cm³/mol. The Hall–Kier alpha value is -3.27. The fraction of sp³-hybridized carbons (Fsp3) is 0.391. The number of anilines is 1. The van der Waals surface area contributed by atoms with Crippen LogP contribution in [-0.4, -0.2) is 91.3 Å². The molecule has 0 aliphatic carbocycles. The number of piperazine rings is 1. The molecule has 0 spiro atoms. The number of carbonyl (C=O) groups is 1. The minimum absolute atomic E-state index is 0.619. The summed E-state index contributed by atoms with van der Waals surface area (Å²) < 4.78 is 31.7. The Bertz CT molecular complexity index is 1460. The SMILES string of the molecule is CCc1[nH]c2nc(Sc3cnc4nccnc4c3)nc(N3CCN(CCN)CC3)c2c1Cl.O=C(O)C(F)(F)F. The third-order valence-electron chi connectivity index (χ3n) is 5.84. The normalized spacial score (nSPS) is 14.5. The minimum Gasteiger partial charge on any atom is -0.475 e. The molecule has 0 atom stereocenters. The zero-order chi connectivity index (χ0) is 28.2. The number of aryl methyl sites for hydroxylation is 1. The van der Waals surface area contributed by atoms with Crippen LogP contribution in [0.3, 0.4) is 0 Å². The van der Waals surface area contributed by atoms with Crippen LogP contribution in [0.15, 0.2) is 34.7 Å². The van der Waals surface area contributed by atoms with Crippen LogP contribution < -0.4 is 10.6 Å². The van der Waals surface area contributed by atoms with Gasteiger partial charge in [-0.3, -0.25) is 9.88 Å². The van der Waals surface area contributed by atoms with Crippen molar-refractivity contribution >= 4 is 57.3 Å². The number of carboxylic acid groups (broad SMARTS) is 1. The van der Waals surface area contributed by atoms with Gasteiger partial charge in [0.25, 0.3) is 0 Å². The number of pyridine rings is 1. The largest absolute Gasteiger partial charge is 0.490 e. The van der Waals surface area contributed by atoms with E-state index in [0.29, 0.717) is 22.4 Å². The van der Waals surface area contributed by atoms with Crippen LogP contribution in [-0.2, 0) is 11.2 Å². The second-order valence-corrected chi connectivity index (χ2v) is 9.84. The van der Waals surface area contributed by atoms with Crippen molar-refractivity contribution in [3.8, 4) is 0 Å². The fourth-order valence-electron chi connectivity index (χ4n) is 3.95. The van der Waals surface area contributed by atoms with Gasteiger partial charge >= 0.3 is 12.1 Å². The molecule has 11 nitrogen and oxygen atoms in total. The summed E-state index contributed by atoms with van der Waals surface area (Å²) >= 11 is 8.20. The van der Waals surface area contributed by atoms with Crippen molar-refractivity contribution < 1.29 is 23.1 Å². The summed E-state index contributed by atoms with van der Waals surface area (Å²) in [5.41, 5.74) is 8.83. The van der Waals surface area contributed by atoms with Gasteiger partial charge in [0.15, 0.2) is 10.8 Å². The number of rotatable bonds is 6. The van der Waals surface area contributed by atoms with Crippen molar-refractivity contribution in [3.05, 3.63) is 35.4 Å². The Morgan fingerprint density at radius 1 is 1.18 bits per heavy atom. The zero-order valence-electron chi connectivity index (χ0n) is 20.7. The van der Waals surface area contributed by atoms with E-state index in [2.05, 4.69) is 36.7 Å². The number of aromatic nitrogens is 6. The molecule has 0 bridgehead atoms. The molecule has 208 valence electrons. The van der Waals surface area contributed by atoms with E-state index in [0.717, 1.165) is 72.1 Å². The molecule has 4 N–H and O–H groups in total. The summed E-state index contributed by atoms with van der Waals surface area (Å²) in [7, 11) is 0. The van der Waals surface area contributed by atoms with E-state index in [4.69, 9.17) is 37.2 Å². The second kappa shape index (κ2) is 12.3. The standard InChI is InChI=1S/C21H24ClN9S.C2HF3O2/c1-2-14-17(22)16-19(27-14)28-21(29-20(16)31-9-7-30(6-3-23)8-10-31)32-13-11-15-18(26-12-13)25-5-4-24-15;3-2(4,5)1(6)7/h4-5,11-12H,2-3,6-10,23H2,1H3,(H,27,28,29);(H,6,7). The molecule has 0 radical (unpaired) electrons. The van der Waals surface area contributed by atoms with Crippen molar-refractivity contribution in [2.75, 3.05) is 44.2 Å². The molecule has 5 rings (SSSR count). The summed E-state index contributed by atoms with van der Waals surface area (Å²) in [5.74, 6) is -1.88. The van der Waals surface area contributed by atoms with Gasteiger partial charge < -0.3 is 20.7 Å². The number of nitrogens with zero attached hydrogens (tertiary/aromatic N) is 7. The number of hydrogen-bond acceptors (Lipinski definition) is 10. The molecule has 1 aliphatic heterocycles. The average molecular weight is 584 g/mol. The molecule has 1 aliphatic rings. The van der Waals surface area contributed by atoms with Gasteiger partial charge in [-0.15, -0.1) is 0 Å². The number of nitrogens with two attached hydrogens (primary N) is 1. The summed E-state index contributed by atoms with van der Waals surface area (Å²) in [4.78, 5) is 40.6. The van der Waals surface area contributed by atoms with Crippen molar-refractivity contribution in [1.29, 1.82) is 0 Å². The van der Waals surface area contributed by atoms with E-state index < -0.39 is 12.1 Å². The van der Waals surface area contributed by atoms with Gasteiger partial charge in [0.2, 0.25) is 0 Å². The van der Waals surface area contributed by atoms with Gasteiger partial charge in [0.1, 0.15) is 17.0 Å². The molecule has 0 saturated carbocycles. The van der Waals surface area contributed by atoms with Gasteiger partial charge in [0, 0.05) is 68.4 Å². The molecule has 39 heavy (non-hydrogen) atoms. The first-order chi connectivity index (χ1) is 18.6. The minimum atomic E-state index is -5.08. The highest BCUT2D eigenvalue weighted by Gasteiger charge is 2.38. The van der Waals surface area contributed by atoms with Gasteiger partial charge in [0.05, 0.1) is 10.4 Å². The Morgan fingerprint density at radius 3 is 2.51 bits per heavy atom. The number of nitrogens with one attached hydrogen (secondary N) is 1. The Balaban J connectivity index is 0.000000448. The van der Waals surface area contributed by atoms with E-state index >= 15 is 0 Å². The number of alkyl halides is 3. The zero-order valence-corrected chi connectivity index (χ0v) is 22.3. The predicted octanol–water partition coefficient (Wildman–Crippen LogP) is 3.38. The molecule has 5 heterocycles. The van der Waals surface area contributed by atoms with Crippen LogP contribution in [0.25, 0.3) is 22.2 Å². The molecular weight excluding hydrogens is 559 g/mol. The molecule has 0 amide bonds. The van der Waals surface area contributed by atoms with Crippen LogP contribution in [0.1, 0.15) is 12.6 Å². The number of halogens is 4. The first-order valence-corrected chi connectivity index (χ1v) is 13.1. The lowest BCUT2D eigenvalue weighted by Crippen LogP contribution is -2.48. The summed E-state index contributed by atoms with van der Waals surface area (Å²) in [6, 6.07) is 1.96. The molecule has 16 heteroatoms. The molecule has 1 fully saturated rings. The van der Waals surface area contributed by atoms with Crippen LogP contribution in [0.4, 0.5) is 19.0 Å². The van der Waals surface area contributed by atoms with Crippen molar-refractivity contribution in [1.82, 2.24) is 34.8 Å². The van der Waals surface area contributed by atoms with Crippen LogP contribution in [0, 0.1) is 0 Å². The monoisotopic (exact) mass is 583 g/mol. The number of H-pyrrole nitrogens is 1. The van der Waals surface area contributed by atoms with E-state index in [1.54, 1.807) is 18.6 Å². The van der Waals surface area contributed by atoms with E-state index in [-0.39, 0.29) is 0 Å². The van der Waals surface area contributed by atoms with Crippen LogP contribution >= 0.6 is 23.4 Å². The molecule has 0 aromatic carbocycles. The Morgan fingerprint density at radius 2 is 1.87 bits per heavy atom. The fourth-order valence-corrected chi connectivity index (χ4v) is 5.07. The maximum atomic E-state index is 10.6. The summed E-state index contributed by atoms with van der Waals surface area (Å²) in [5, 5.41) is 9.37. The second-order valence-electron chi connectivity index (χ2n) is 8.42.